The molecule has 2 aromatic heterocycles. The number of hydrogen-bond donors (Lipinski definition) is 5. The fraction of sp³-hybridized carbons (Fsp3) is 0.500. The second kappa shape index (κ2) is 5.67. The lowest BCUT2D eigenvalue weighted by Gasteiger charge is -2.16. The van der Waals surface area contributed by atoms with Crippen molar-refractivity contribution in [3.8, 4) is 0 Å². The molecule has 0 unspecified atom stereocenters. The molecule has 13 heteroatoms. The number of aliphatic hydroxyl groups excluding tert-OH is 1. The average Bonchev–Trinajstić information content (AvgIpc) is 2.96. The van der Waals surface area contributed by atoms with Crippen molar-refractivity contribution >= 4 is 30.8 Å². The molecule has 0 amide bonds. The number of anilines is 2. The summed E-state index contributed by atoms with van der Waals surface area (Å²) in [6, 6.07) is 0. The van der Waals surface area contributed by atoms with Gasteiger partial charge in [0.2, 0.25) is 5.95 Å². The summed E-state index contributed by atoms with van der Waals surface area (Å²) in [4.78, 5) is 29.4. The zero-order chi connectivity index (χ0) is 16.8. The second-order valence-corrected chi connectivity index (χ2v) is 6.23. The third-order valence-corrected chi connectivity index (χ3v) is 3.92. The number of phosphoric acid groups is 1. The standard InChI is InChI=1S/C10H15N6O6P/c11-8-7-9(14-3-13-8)16(10(12)15-7)6-1-4(17)5(22-6)2-21-23(18,19)20/h3-6,17H,1-2H2,(H2,12,15)(H2,11,13,14)(H2,18,19,20)/t4-,5+,6+/m0/s1. The number of hydrogen-bond acceptors (Lipinski definition) is 9. The van der Waals surface area contributed by atoms with Gasteiger partial charge in [-0.05, 0) is 0 Å². The summed E-state index contributed by atoms with van der Waals surface area (Å²) in [6.45, 7) is -0.467. The molecular weight excluding hydrogens is 331 g/mol. The van der Waals surface area contributed by atoms with E-state index in [0.29, 0.717) is 11.2 Å². The van der Waals surface area contributed by atoms with Gasteiger partial charge in [-0.25, -0.2) is 19.5 Å². The highest BCUT2D eigenvalue weighted by Gasteiger charge is 2.38. The molecule has 1 aliphatic heterocycles. The largest absolute Gasteiger partial charge is 0.469 e. The Morgan fingerprint density at radius 3 is 2.87 bits per heavy atom. The minimum atomic E-state index is -4.65. The molecule has 0 aliphatic carbocycles. The molecule has 0 bridgehead atoms. The van der Waals surface area contributed by atoms with E-state index >= 15 is 0 Å². The highest BCUT2D eigenvalue weighted by atomic mass is 31.2. The molecular formula is C10H15N6O6P. The van der Waals surface area contributed by atoms with Gasteiger partial charge < -0.3 is 31.1 Å². The van der Waals surface area contributed by atoms with E-state index in [-0.39, 0.29) is 18.2 Å². The van der Waals surface area contributed by atoms with Crippen molar-refractivity contribution in [2.24, 2.45) is 0 Å². The van der Waals surface area contributed by atoms with E-state index in [4.69, 9.17) is 26.0 Å². The number of ether oxygens (including phenoxy) is 1. The van der Waals surface area contributed by atoms with Crippen LogP contribution in [-0.2, 0) is 13.8 Å². The summed E-state index contributed by atoms with van der Waals surface area (Å²) in [5.74, 6) is 0.223. The van der Waals surface area contributed by atoms with E-state index in [0.717, 1.165) is 0 Å². The summed E-state index contributed by atoms with van der Waals surface area (Å²) >= 11 is 0. The van der Waals surface area contributed by atoms with Crippen molar-refractivity contribution in [3.63, 3.8) is 0 Å². The topological polar surface area (TPSA) is 192 Å². The first-order chi connectivity index (χ1) is 10.8. The van der Waals surface area contributed by atoms with E-state index in [9.17, 15) is 9.67 Å². The van der Waals surface area contributed by atoms with E-state index in [1.807, 2.05) is 0 Å². The number of nitrogens with two attached hydrogens (primary N) is 2. The maximum absolute atomic E-state index is 10.7. The van der Waals surface area contributed by atoms with Gasteiger partial charge in [0, 0.05) is 6.42 Å². The fourth-order valence-corrected chi connectivity index (χ4v) is 2.76. The monoisotopic (exact) mass is 346 g/mol. The Labute approximate surface area is 129 Å². The molecule has 12 nitrogen and oxygen atoms in total. The molecule has 1 saturated heterocycles. The van der Waals surface area contributed by atoms with Crippen LogP contribution in [-0.4, -0.2) is 53.2 Å². The number of nitrogens with zero attached hydrogens (tertiary/aromatic N) is 4. The van der Waals surface area contributed by atoms with Crippen molar-refractivity contribution in [1.82, 2.24) is 19.5 Å². The van der Waals surface area contributed by atoms with Crippen LogP contribution < -0.4 is 11.5 Å². The van der Waals surface area contributed by atoms with Crippen LogP contribution in [0.5, 0.6) is 0 Å². The van der Waals surface area contributed by atoms with Crippen LogP contribution in [0.1, 0.15) is 12.6 Å². The molecule has 3 heterocycles. The van der Waals surface area contributed by atoms with Crippen LogP contribution in [0, 0.1) is 0 Å². The minimum absolute atomic E-state index is 0.0703. The van der Waals surface area contributed by atoms with Crippen molar-refractivity contribution in [2.75, 3.05) is 18.1 Å². The lowest BCUT2D eigenvalue weighted by molar-refractivity contribution is -0.0417. The molecule has 7 N–H and O–H groups in total. The maximum atomic E-state index is 10.7. The van der Waals surface area contributed by atoms with Crippen LogP contribution in [0.2, 0.25) is 0 Å². The number of aliphatic hydroxyl groups is 1. The number of nitrogen functional groups attached to an aromatic ring is 2. The quantitative estimate of drug-likeness (QED) is 0.415. The molecule has 1 aliphatic rings. The number of imidazole rings is 1. The van der Waals surface area contributed by atoms with Gasteiger partial charge in [0.25, 0.3) is 0 Å². The Balaban J connectivity index is 1.85. The molecule has 0 spiro atoms. The lowest BCUT2D eigenvalue weighted by atomic mass is 10.2. The minimum Gasteiger partial charge on any atom is -0.390 e. The molecule has 1 fully saturated rings. The maximum Gasteiger partial charge on any atom is 0.469 e. The van der Waals surface area contributed by atoms with Crippen LogP contribution >= 0.6 is 7.82 Å². The normalized spacial score (nSPS) is 25.3. The molecule has 3 atom stereocenters. The van der Waals surface area contributed by atoms with Crippen molar-refractivity contribution in [2.45, 2.75) is 24.9 Å². The van der Waals surface area contributed by atoms with Crippen LogP contribution in [0.4, 0.5) is 11.8 Å². The van der Waals surface area contributed by atoms with Crippen molar-refractivity contribution < 1.29 is 28.7 Å². The molecule has 0 radical (unpaired) electrons. The smallest absolute Gasteiger partial charge is 0.390 e. The number of fused-ring (bicyclic) bond motifs is 1. The first kappa shape index (κ1) is 16.1. The Morgan fingerprint density at radius 2 is 2.17 bits per heavy atom. The van der Waals surface area contributed by atoms with Gasteiger partial charge >= 0.3 is 7.82 Å². The molecule has 23 heavy (non-hydrogen) atoms. The Hall–Kier alpha value is -1.82. The highest BCUT2D eigenvalue weighted by molar-refractivity contribution is 7.46. The van der Waals surface area contributed by atoms with Gasteiger partial charge in [-0.1, -0.05) is 0 Å². The van der Waals surface area contributed by atoms with E-state index in [2.05, 4.69) is 19.5 Å². The van der Waals surface area contributed by atoms with Gasteiger partial charge in [0.15, 0.2) is 17.0 Å². The molecule has 2 aromatic rings. The summed E-state index contributed by atoms with van der Waals surface area (Å²) in [6.07, 6.45) is -1.29. The fourth-order valence-electron chi connectivity index (χ4n) is 2.42. The molecule has 0 saturated carbocycles. The van der Waals surface area contributed by atoms with Crippen molar-refractivity contribution in [3.05, 3.63) is 6.33 Å². The zero-order valence-electron chi connectivity index (χ0n) is 11.7. The number of phosphoric ester groups is 1. The lowest BCUT2D eigenvalue weighted by Crippen LogP contribution is -2.26. The number of rotatable bonds is 4. The first-order valence-corrected chi connectivity index (χ1v) is 8.07. The average molecular weight is 346 g/mol. The predicted octanol–water partition coefficient (Wildman–Crippen LogP) is -1.25. The molecule has 3 rings (SSSR count). The number of aromatic nitrogens is 4. The Morgan fingerprint density at radius 1 is 1.43 bits per heavy atom. The Kier molecular flexibility index (Phi) is 3.96. The SMILES string of the molecule is Nc1ncnc2c1nc(N)n2[C@H]1C[C@H](O)[C@@H](COP(=O)(O)O)O1. The van der Waals surface area contributed by atoms with Gasteiger partial charge in [-0.2, -0.15) is 0 Å². The Bertz CT molecular complexity index is 777. The van der Waals surface area contributed by atoms with E-state index in [1.165, 1.54) is 10.9 Å². The van der Waals surface area contributed by atoms with Gasteiger partial charge in [-0.15, -0.1) is 0 Å². The van der Waals surface area contributed by atoms with Gasteiger partial charge in [0.05, 0.1) is 12.7 Å². The van der Waals surface area contributed by atoms with Crippen LogP contribution in [0.3, 0.4) is 0 Å². The molecule has 126 valence electrons. The second-order valence-electron chi connectivity index (χ2n) is 4.99. The third-order valence-electron chi connectivity index (χ3n) is 3.43. The third kappa shape index (κ3) is 3.13. The summed E-state index contributed by atoms with van der Waals surface area (Å²) in [5, 5.41) is 9.98. The molecule has 0 aromatic carbocycles. The van der Waals surface area contributed by atoms with Gasteiger partial charge in [-0.3, -0.25) is 9.09 Å². The van der Waals surface area contributed by atoms with Crippen molar-refractivity contribution in [1.29, 1.82) is 0 Å². The van der Waals surface area contributed by atoms with E-state index in [1.54, 1.807) is 0 Å². The predicted molar refractivity (Wildman–Crippen MR) is 76.7 cm³/mol. The van der Waals surface area contributed by atoms with Crippen LogP contribution in [0.15, 0.2) is 6.33 Å². The van der Waals surface area contributed by atoms with Crippen LogP contribution in [0.25, 0.3) is 11.2 Å². The highest BCUT2D eigenvalue weighted by Crippen LogP contribution is 2.39. The summed E-state index contributed by atoms with van der Waals surface area (Å²) in [7, 11) is -4.65. The summed E-state index contributed by atoms with van der Waals surface area (Å²) in [5.41, 5.74) is 12.2. The first-order valence-electron chi connectivity index (χ1n) is 6.54. The zero-order valence-corrected chi connectivity index (χ0v) is 12.6. The summed E-state index contributed by atoms with van der Waals surface area (Å²) < 4.78 is 22.1. The van der Waals surface area contributed by atoms with E-state index < -0.39 is 32.9 Å². The van der Waals surface area contributed by atoms with Gasteiger partial charge in [0.1, 0.15) is 18.7 Å².